The molecule has 0 bridgehead atoms. The maximum absolute atomic E-state index is 12.7. The topological polar surface area (TPSA) is 75.4 Å². The lowest BCUT2D eigenvalue weighted by Crippen LogP contribution is -2.54. The molecule has 1 aromatic carbocycles. The summed E-state index contributed by atoms with van der Waals surface area (Å²) in [5.74, 6) is 2.28. The van der Waals surface area contributed by atoms with Gasteiger partial charge in [0.15, 0.2) is 0 Å². The van der Waals surface area contributed by atoms with Crippen molar-refractivity contribution in [1.29, 1.82) is 0 Å². The molecule has 0 aliphatic carbocycles. The minimum Gasteiger partial charge on any atom is -0.350 e. The average Bonchev–Trinajstić information content (AvgIpc) is 3.07. The van der Waals surface area contributed by atoms with E-state index in [2.05, 4.69) is 11.2 Å². The van der Waals surface area contributed by atoms with Crippen molar-refractivity contribution < 1.29 is 9.59 Å². The Morgan fingerprint density at radius 3 is 2.56 bits per heavy atom. The molecule has 0 spiro atoms. The third-order valence-electron chi connectivity index (χ3n) is 4.62. The Morgan fingerprint density at radius 1 is 1.36 bits per heavy atom. The molecule has 1 saturated heterocycles. The highest BCUT2D eigenvalue weighted by molar-refractivity contribution is 5.90. The second-order valence-corrected chi connectivity index (χ2v) is 7.59. The molecule has 2 unspecified atom stereocenters. The largest absolute Gasteiger partial charge is 0.350 e. The van der Waals surface area contributed by atoms with Crippen LogP contribution in [-0.4, -0.2) is 35.3 Å². The summed E-state index contributed by atoms with van der Waals surface area (Å²) >= 11 is 0. The van der Waals surface area contributed by atoms with E-state index in [1.54, 1.807) is 4.90 Å². The van der Waals surface area contributed by atoms with Gasteiger partial charge in [-0.2, -0.15) is 0 Å². The monoisotopic (exact) mass is 341 g/mol. The second-order valence-electron chi connectivity index (χ2n) is 7.59. The standard InChI is InChI=1S/C20H27N3O2/c1-5-14-8-10-15(11-9-14)13-22-18(24)16-7-6-12-23(16)19(25)17(21)20(2,3)4/h1,8-11,16-17H,6-7,12-13,21H2,2-4H3,(H,22,24). The van der Waals surface area contributed by atoms with Crippen LogP contribution in [-0.2, 0) is 16.1 Å². The molecule has 3 N–H and O–H groups in total. The van der Waals surface area contributed by atoms with Gasteiger partial charge in [0.25, 0.3) is 0 Å². The number of terminal acetylenes is 1. The highest BCUT2D eigenvalue weighted by atomic mass is 16.2. The lowest BCUT2D eigenvalue weighted by molar-refractivity contribution is -0.141. The first-order valence-electron chi connectivity index (χ1n) is 8.63. The number of amides is 2. The zero-order chi connectivity index (χ0) is 18.6. The predicted molar refractivity (Wildman–Crippen MR) is 98.4 cm³/mol. The van der Waals surface area contributed by atoms with Gasteiger partial charge in [0, 0.05) is 18.7 Å². The number of hydrogen-bond donors (Lipinski definition) is 2. The Kier molecular flexibility index (Phi) is 5.86. The van der Waals surface area contributed by atoms with E-state index >= 15 is 0 Å². The summed E-state index contributed by atoms with van der Waals surface area (Å²) in [5.41, 5.74) is 7.53. The van der Waals surface area contributed by atoms with Crippen LogP contribution in [0.4, 0.5) is 0 Å². The SMILES string of the molecule is C#Cc1ccc(CNC(=O)C2CCCN2C(=O)C(N)C(C)(C)C)cc1. The Morgan fingerprint density at radius 2 is 2.00 bits per heavy atom. The number of likely N-dealkylation sites (tertiary alicyclic amines) is 1. The van der Waals surface area contributed by atoms with Crippen LogP contribution in [0.5, 0.6) is 0 Å². The number of carbonyl (C=O) groups excluding carboxylic acids is 2. The van der Waals surface area contributed by atoms with Crippen molar-refractivity contribution in [3.05, 3.63) is 35.4 Å². The van der Waals surface area contributed by atoms with Crippen LogP contribution in [0.25, 0.3) is 0 Å². The summed E-state index contributed by atoms with van der Waals surface area (Å²) < 4.78 is 0. The molecule has 0 radical (unpaired) electrons. The van der Waals surface area contributed by atoms with Crippen molar-refractivity contribution in [2.45, 2.75) is 52.2 Å². The van der Waals surface area contributed by atoms with E-state index in [9.17, 15) is 9.59 Å². The van der Waals surface area contributed by atoms with Gasteiger partial charge in [-0.25, -0.2) is 0 Å². The molecule has 25 heavy (non-hydrogen) atoms. The van der Waals surface area contributed by atoms with E-state index in [-0.39, 0.29) is 17.2 Å². The van der Waals surface area contributed by atoms with Gasteiger partial charge >= 0.3 is 0 Å². The van der Waals surface area contributed by atoms with E-state index in [1.165, 1.54) is 0 Å². The molecule has 2 atom stereocenters. The molecule has 134 valence electrons. The highest BCUT2D eigenvalue weighted by Crippen LogP contribution is 2.24. The van der Waals surface area contributed by atoms with E-state index < -0.39 is 12.1 Å². The van der Waals surface area contributed by atoms with Crippen molar-refractivity contribution in [3.8, 4) is 12.3 Å². The third-order valence-corrected chi connectivity index (χ3v) is 4.62. The molecular formula is C20H27N3O2. The van der Waals surface area contributed by atoms with E-state index in [0.29, 0.717) is 19.5 Å². The van der Waals surface area contributed by atoms with E-state index in [0.717, 1.165) is 17.5 Å². The van der Waals surface area contributed by atoms with Crippen molar-refractivity contribution in [2.24, 2.45) is 11.1 Å². The molecular weight excluding hydrogens is 314 g/mol. The normalized spacial score (nSPS) is 18.5. The smallest absolute Gasteiger partial charge is 0.243 e. The highest BCUT2D eigenvalue weighted by Gasteiger charge is 2.39. The Balaban J connectivity index is 1.97. The quantitative estimate of drug-likeness (QED) is 0.818. The van der Waals surface area contributed by atoms with Gasteiger partial charge in [-0.1, -0.05) is 38.8 Å². The summed E-state index contributed by atoms with van der Waals surface area (Å²) in [5, 5.41) is 2.92. The lowest BCUT2D eigenvalue weighted by Gasteiger charge is -2.32. The number of nitrogens with two attached hydrogens (primary N) is 1. The number of nitrogens with one attached hydrogen (secondary N) is 1. The predicted octanol–water partition coefficient (Wildman–Crippen LogP) is 1.65. The van der Waals surface area contributed by atoms with Gasteiger partial charge in [-0.15, -0.1) is 6.42 Å². The first-order chi connectivity index (χ1) is 11.7. The molecule has 1 aromatic rings. The maximum Gasteiger partial charge on any atom is 0.243 e. The van der Waals surface area contributed by atoms with Crippen molar-refractivity contribution in [1.82, 2.24) is 10.2 Å². The molecule has 5 heteroatoms. The van der Waals surface area contributed by atoms with Crippen LogP contribution in [0.2, 0.25) is 0 Å². The van der Waals surface area contributed by atoms with Crippen LogP contribution in [0.1, 0.15) is 44.7 Å². The molecule has 1 fully saturated rings. The lowest BCUT2D eigenvalue weighted by atomic mass is 9.86. The number of benzene rings is 1. The minimum atomic E-state index is -0.614. The van der Waals surface area contributed by atoms with E-state index in [4.69, 9.17) is 12.2 Å². The van der Waals surface area contributed by atoms with E-state index in [1.807, 2.05) is 45.0 Å². The van der Waals surface area contributed by atoms with Crippen molar-refractivity contribution in [2.75, 3.05) is 6.54 Å². The molecule has 0 aromatic heterocycles. The second kappa shape index (κ2) is 7.71. The summed E-state index contributed by atoms with van der Waals surface area (Å²) in [7, 11) is 0. The fraction of sp³-hybridized carbons (Fsp3) is 0.500. The Hall–Kier alpha value is -2.32. The number of rotatable bonds is 4. The molecule has 2 rings (SSSR count). The zero-order valence-corrected chi connectivity index (χ0v) is 15.2. The van der Waals surface area contributed by atoms with Gasteiger partial charge in [-0.3, -0.25) is 9.59 Å². The molecule has 2 amide bonds. The average molecular weight is 341 g/mol. The third kappa shape index (κ3) is 4.61. The molecule has 1 heterocycles. The van der Waals surface area contributed by atoms with Gasteiger partial charge in [-0.05, 0) is 36.0 Å². The molecule has 1 aliphatic rings. The summed E-state index contributed by atoms with van der Waals surface area (Å²) in [6.45, 7) is 6.78. The zero-order valence-electron chi connectivity index (χ0n) is 15.2. The molecule has 1 aliphatic heterocycles. The Labute approximate surface area is 150 Å². The molecule has 0 saturated carbocycles. The van der Waals surface area contributed by atoms with Crippen molar-refractivity contribution >= 4 is 11.8 Å². The van der Waals surface area contributed by atoms with Crippen LogP contribution < -0.4 is 11.1 Å². The van der Waals surface area contributed by atoms with Crippen LogP contribution >= 0.6 is 0 Å². The first kappa shape index (κ1) is 19.0. The number of hydrogen-bond acceptors (Lipinski definition) is 3. The molecule has 5 nitrogen and oxygen atoms in total. The number of nitrogens with zero attached hydrogens (tertiary/aromatic N) is 1. The first-order valence-corrected chi connectivity index (χ1v) is 8.63. The fourth-order valence-corrected chi connectivity index (χ4v) is 2.88. The Bertz CT molecular complexity index is 668. The van der Waals surface area contributed by atoms with Gasteiger partial charge in [0.05, 0.1) is 6.04 Å². The maximum atomic E-state index is 12.7. The van der Waals surface area contributed by atoms with Crippen LogP contribution in [0.15, 0.2) is 24.3 Å². The van der Waals surface area contributed by atoms with Crippen LogP contribution in [0.3, 0.4) is 0 Å². The summed E-state index contributed by atoms with van der Waals surface area (Å²) in [4.78, 5) is 26.8. The number of carbonyl (C=O) groups is 2. The van der Waals surface area contributed by atoms with Gasteiger partial charge in [0.1, 0.15) is 6.04 Å². The summed E-state index contributed by atoms with van der Waals surface area (Å²) in [6, 6.07) is 6.42. The van der Waals surface area contributed by atoms with Crippen molar-refractivity contribution in [3.63, 3.8) is 0 Å². The summed E-state index contributed by atoms with van der Waals surface area (Å²) in [6.07, 6.45) is 6.82. The minimum absolute atomic E-state index is 0.131. The van der Waals surface area contributed by atoms with Gasteiger partial charge < -0.3 is 16.0 Å². The van der Waals surface area contributed by atoms with Gasteiger partial charge in [0.2, 0.25) is 11.8 Å². The van der Waals surface area contributed by atoms with Crippen LogP contribution in [0, 0.1) is 17.8 Å². The fourth-order valence-electron chi connectivity index (χ4n) is 2.88.